The lowest BCUT2D eigenvalue weighted by atomic mass is 9.27. The van der Waals surface area contributed by atoms with Crippen LogP contribution in [0.5, 0.6) is 0 Å². The van der Waals surface area contributed by atoms with Crippen LogP contribution in [0.15, 0.2) is 127 Å². The molecule has 40 heavy (non-hydrogen) atoms. The zero-order valence-corrected chi connectivity index (χ0v) is 21.8. The summed E-state index contributed by atoms with van der Waals surface area (Å²) in [6, 6.07) is 47.4. The average molecular weight is 504 g/mol. The molecule has 4 heteroatoms. The molecule has 0 bridgehead atoms. The van der Waals surface area contributed by atoms with Crippen molar-refractivity contribution >= 4 is 84.9 Å². The second kappa shape index (κ2) is 7.37. The molecule has 10 rings (SSSR count). The van der Waals surface area contributed by atoms with Gasteiger partial charge in [-0.05, 0) is 41.9 Å². The lowest BCUT2D eigenvalue weighted by Gasteiger charge is -2.33. The van der Waals surface area contributed by atoms with Crippen LogP contribution in [0.2, 0.25) is 0 Å². The van der Waals surface area contributed by atoms with E-state index in [2.05, 4.69) is 137 Å². The van der Waals surface area contributed by atoms with Gasteiger partial charge in [0.25, 0.3) is 0 Å². The van der Waals surface area contributed by atoms with E-state index in [1.165, 1.54) is 82.3 Å². The predicted octanol–water partition coefficient (Wildman–Crippen LogP) is 4.41. The summed E-state index contributed by atoms with van der Waals surface area (Å²) >= 11 is 0. The van der Waals surface area contributed by atoms with Gasteiger partial charge in [-0.25, -0.2) is 0 Å². The summed E-state index contributed by atoms with van der Waals surface area (Å²) in [7, 11) is 0.995. The van der Waals surface area contributed by atoms with Gasteiger partial charge in [0.05, 0.1) is 16.6 Å². The van der Waals surface area contributed by atoms with Gasteiger partial charge < -0.3 is 9.13 Å². The van der Waals surface area contributed by atoms with Gasteiger partial charge in [-0.3, -0.25) is 0 Å². The maximum atomic E-state index is 2.57. The van der Waals surface area contributed by atoms with Crippen LogP contribution in [0.4, 0.5) is 0 Å². The molecule has 0 unspecified atom stereocenters. The number of aromatic nitrogens is 2. The van der Waals surface area contributed by atoms with E-state index < -0.39 is 0 Å². The van der Waals surface area contributed by atoms with Gasteiger partial charge in [-0.2, -0.15) is 0 Å². The number of benzene rings is 6. The van der Waals surface area contributed by atoms with E-state index in [1.807, 2.05) is 0 Å². The minimum Gasteiger partial charge on any atom is -0.310 e. The highest BCUT2D eigenvalue weighted by atomic mass is 15.0. The molecule has 0 aliphatic carbocycles. The molecule has 0 saturated heterocycles. The van der Waals surface area contributed by atoms with Crippen LogP contribution in [0, 0.1) is 0 Å². The Hall–Kier alpha value is -4.95. The van der Waals surface area contributed by atoms with Gasteiger partial charge in [0.15, 0.2) is 7.28 Å². The van der Waals surface area contributed by atoms with Crippen molar-refractivity contribution in [3.63, 3.8) is 0 Å². The molecule has 0 radical (unpaired) electrons. The Labute approximate surface area is 232 Å². The van der Waals surface area contributed by atoms with Gasteiger partial charge in [0.2, 0.25) is 6.71 Å². The molecule has 8 aromatic rings. The standard InChI is InChI=1S/C36H22B2N2/c1-2-10-22(11-3-1)39-31-18-7-4-12-23(31)25-20-34-26(21-33(25)39)24-13-8-17-30-36(24)40(34)32-19-9-15-28-35(32)38(30)29-16-6-5-14-27(29)37-28/h1-21,37H. The van der Waals surface area contributed by atoms with Crippen molar-refractivity contribution < 1.29 is 0 Å². The first kappa shape index (κ1) is 20.9. The van der Waals surface area contributed by atoms with Gasteiger partial charge >= 0.3 is 0 Å². The number of fused-ring (bicyclic) bond motifs is 10. The molecule has 0 atom stereocenters. The Kier molecular flexibility index (Phi) is 3.86. The van der Waals surface area contributed by atoms with Crippen LogP contribution in [-0.4, -0.2) is 23.1 Å². The van der Waals surface area contributed by atoms with E-state index in [0.29, 0.717) is 0 Å². The molecule has 0 amide bonds. The van der Waals surface area contributed by atoms with Crippen molar-refractivity contribution in [1.82, 2.24) is 9.13 Å². The number of nitrogens with zero attached hydrogens (tertiary/aromatic N) is 2. The summed E-state index contributed by atoms with van der Waals surface area (Å²) in [5.74, 6) is 0. The van der Waals surface area contributed by atoms with Crippen molar-refractivity contribution in [2.45, 2.75) is 0 Å². The average Bonchev–Trinajstić information content (AvgIpc) is 3.51. The fourth-order valence-electron chi connectivity index (χ4n) is 7.83. The molecular weight excluding hydrogens is 482 g/mol. The molecule has 0 N–H and O–H groups in total. The molecule has 2 aliphatic rings. The first-order valence-corrected chi connectivity index (χ1v) is 14.1. The minimum atomic E-state index is 0.269. The van der Waals surface area contributed by atoms with Crippen LogP contribution in [0.3, 0.4) is 0 Å². The van der Waals surface area contributed by atoms with E-state index >= 15 is 0 Å². The number of hydrogen-bond donors (Lipinski definition) is 0. The number of para-hydroxylation sites is 3. The molecular formula is C36H22B2N2. The molecule has 2 nitrogen and oxygen atoms in total. The minimum absolute atomic E-state index is 0.269. The SMILES string of the molecule is B1c2ccccc2B2c3c1cccc3-n1c3cc4c5ccccc5n(-c5ccccc5)c4cc3c3cccc2c31. The molecule has 0 spiro atoms. The summed E-state index contributed by atoms with van der Waals surface area (Å²) in [5.41, 5.74) is 14.9. The molecule has 2 aliphatic heterocycles. The quantitative estimate of drug-likeness (QED) is 0.294. The van der Waals surface area contributed by atoms with Gasteiger partial charge in [0, 0.05) is 38.4 Å². The molecule has 0 saturated carbocycles. The van der Waals surface area contributed by atoms with Crippen molar-refractivity contribution in [2.75, 3.05) is 0 Å². The highest BCUT2D eigenvalue weighted by Gasteiger charge is 2.38. The van der Waals surface area contributed by atoms with Crippen molar-refractivity contribution in [1.29, 1.82) is 0 Å². The Morgan fingerprint density at radius 3 is 2.08 bits per heavy atom. The lowest BCUT2D eigenvalue weighted by molar-refractivity contribution is 1.18. The van der Waals surface area contributed by atoms with Crippen LogP contribution >= 0.6 is 0 Å². The highest BCUT2D eigenvalue weighted by molar-refractivity contribution is 7.05. The van der Waals surface area contributed by atoms with E-state index in [1.54, 1.807) is 0 Å². The molecule has 2 aromatic heterocycles. The van der Waals surface area contributed by atoms with Crippen LogP contribution < -0.4 is 27.3 Å². The van der Waals surface area contributed by atoms with Crippen molar-refractivity contribution in [2.24, 2.45) is 0 Å². The smallest absolute Gasteiger partial charge is 0.245 e. The van der Waals surface area contributed by atoms with E-state index in [9.17, 15) is 0 Å². The van der Waals surface area contributed by atoms with Crippen molar-refractivity contribution in [3.05, 3.63) is 127 Å². The van der Waals surface area contributed by atoms with Crippen LogP contribution in [0.1, 0.15) is 0 Å². The fraction of sp³-hybridized carbons (Fsp3) is 0. The second-order valence-corrected chi connectivity index (χ2v) is 11.3. The van der Waals surface area contributed by atoms with Crippen molar-refractivity contribution in [3.8, 4) is 11.4 Å². The summed E-state index contributed by atoms with van der Waals surface area (Å²) in [6.45, 7) is 0.269. The van der Waals surface area contributed by atoms with Crippen LogP contribution in [-0.2, 0) is 0 Å². The largest absolute Gasteiger partial charge is 0.310 e. The van der Waals surface area contributed by atoms with Gasteiger partial charge in [-0.1, -0.05) is 113 Å². The third kappa shape index (κ3) is 2.48. The predicted molar refractivity (Wildman–Crippen MR) is 173 cm³/mol. The monoisotopic (exact) mass is 504 g/mol. The molecule has 6 aromatic carbocycles. The Balaban J connectivity index is 1.40. The van der Waals surface area contributed by atoms with E-state index in [4.69, 9.17) is 0 Å². The maximum Gasteiger partial charge on any atom is 0.245 e. The highest BCUT2D eigenvalue weighted by Crippen LogP contribution is 2.39. The molecule has 0 fully saturated rings. The first-order valence-electron chi connectivity index (χ1n) is 14.1. The Morgan fingerprint density at radius 2 is 1.15 bits per heavy atom. The van der Waals surface area contributed by atoms with Gasteiger partial charge in [0.1, 0.15) is 0 Å². The third-order valence-electron chi connectivity index (χ3n) is 9.39. The third-order valence-corrected chi connectivity index (χ3v) is 9.39. The zero-order chi connectivity index (χ0) is 25.9. The summed E-state index contributed by atoms with van der Waals surface area (Å²) in [4.78, 5) is 0. The second-order valence-electron chi connectivity index (χ2n) is 11.3. The summed E-state index contributed by atoms with van der Waals surface area (Å²) < 4.78 is 4.99. The first-order chi connectivity index (χ1) is 19.9. The zero-order valence-electron chi connectivity index (χ0n) is 21.8. The molecule has 4 heterocycles. The van der Waals surface area contributed by atoms with E-state index in [-0.39, 0.29) is 6.71 Å². The number of hydrogen-bond acceptors (Lipinski definition) is 0. The lowest BCUT2D eigenvalue weighted by Crippen LogP contribution is -2.70. The maximum absolute atomic E-state index is 2.57. The topological polar surface area (TPSA) is 9.86 Å². The number of rotatable bonds is 1. The Bertz CT molecular complexity index is 2360. The summed E-state index contributed by atoms with van der Waals surface area (Å²) in [6.07, 6.45) is 0. The summed E-state index contributed by atoms with van der Waals surface area (Å²) in [5, 5.41) is 5.23. The van der Waals surface area contributed by atoms with Gasteiger partial charge in [-0.15, -0.1) is 0 Å². The normalized spacial score (nSPS) is 13.2. The fourth-order valence-corrected chi connectivity index (χ4v) is 7.83. The van der Waals surface area contributed by atoms with Crippen LogP contribution in [0.25, 0.3) is 55.0 Å². The Morgan fingerprint density at radius 1 is 0.475 bits per heavy atom. The molecule has 182 valence electrons. The van der Waals surface area contributed by atoms with E-state index in [0.717, 1.165) is 7.28 Å².